The summed E-state index contributed by atoms with van der Waals surface area (Å²) in [5.74, 6) is 0. The van der Waals surface area contributed by atoms with Crippen molar-refractivity contribution in [2.24, 2.45) is 7.05 Å². The van der Waals surface area contributed by atoms with Crippen molar-refractivity contribution in [1.29, 1.82) is 0 Å². The van der Waals surface area contributed by atoms with Crippen LogP contribution in [0.15, 0.2) is 41.8 Å². The fourth-order valence-corrected chi connectivity index (χ4v) is 2.78. The number of hydrogen-bond donors (Lipinski definition) is 2. The Kier molecular flexibility index (Phi) is 4.41. The molecule has 2 aromatic rings. The van der Waals surface area contributed by atoms with Gasteiger partial charge in [0.25, 0.3) is 10.0 Å². The molecule has 0 bridgehead atoms. The van der Waals surface area contributed by atoms with E-state index in [0.717, 1.165) is 12.1 Å². The third kappa shape index (κ3) is 3.58. The van der Waals surface area contributed by atoms with Crippen molar-refractivity contribution < 1.29 is 8.42 Å². The number of nitrogens with one attached hydrogen (secondary N) is 2. The van der Waals surface area contributed by atoms with E-state index < -0.39 is 10.0 Å². The fourth-order valence-electron chi connectivity index (χ4n) is 1.75. The molecule has 0 amide bonds. The van der Waals surface area contributed by atoms with Gasteiger partial charge in [0.15, 0.2) is 5.03 Å². The minimum absolute atomic E-state index is 0.0112. The Morgan fingerprint density at radius 2 is 2.15 bits per heavy atom. The smallest absolute Gasteiger partial charge is 0.280 e. The SMILES string of the molecule is CCNCc1cccc(NS(=O)(=O)c2cn(C)cn2)c1. The van der Waals surface area contributed by atoms with Crippen LogP contribution in [0.2, 0.25) is 0 Å². The van der Waals surface area contributed by atoms with Crippen LogP contribution in [0.3, 0.4) is 0 Å². The van der Waals surface area contributed by atoms with Crippen molar-refractivity contribution in [2.45, 2.75) is 18.5 Å². The van der Waals surface area contributed by atoms with E-state index in [4.69, 9.17) is 0 Å². The first-order chi connectivity index (χ1) is 9.51. The highest BCUT2D eigenvalue weighted by atomic mass is 32.2. The van der Waals surface area contributed by atoms with Crippen molar-refractivity contribution in [3.63, 3.8) is 0 Å². The molecule has 2 N–H and O–H groups in total. The predicted octanol–water partition coefficient (Wildman–Crippen LogP) is 1.33. The lowest BCUT2D eigenvalue weighted by Crippen LogP contribution is -2.15. The summed E-state index contributed by atoms with van der Waals surface area (Å²) in [4.78, 5) is 3.86. The normalized spacial score (nSPS) is 11.5. The summed E-state index contributed by atoms with van der Waals surface area (Å²) in [5, 5.41) is 3.21. The molecule has 20 heavy (non-hydrogen) atoms. The van der Waals surface area contributed by atoms with Crippen LogP contribution in [0.5, 0.6) is 0 Å². The molecule has 0 aliphatic carbocycles. The lowest BCUT2D eigenvalue weighted by atomic mass is 10.2. The summed E-state index contributed by atoms with van der Waals surface area (Å²) in [7, 11) is -1.91. The van der Waals surface area contributed by atoms with Crippen LogP contribution in [0.25, 0.3) is 0 Å². The van der Waals surface area contributed by atoms with Crippen molar-refractivity contribution in [2.75, 3.05) is 11.3 Å². The third-order valence-electron chi connectivity index (χ3n) is 2.71. The Labute approximate surface area is 118 Å². The lowest BCUT2D eigenvalue weighted by molar-refractivity contribution is 0.598. The second-order valence-electron chi connectivity index (χ2n) is 4.46. The quantitative estimate of drug-likeness (QED) is 0.843. The van der Waals surface area contributed by atoms with Crippen LogP contribution >= 0.6 is 0 Å². The van der Waals surface area contributed by atoms with E-state index >= 15 is 0 Å². The Balaban J connectivity index is 2.17. The largest absolute Gasteiger partial charge is 0.339 e. The van der Waals surface area contributed by atoms with Gasteiger partial charge in [0, 0.05) is 25.5 Å². The summed E-state index contributed by atoms with van der Waals surface area (Å²) in [6.07, 6.45) is 2.92. The highest BCUT2D eigenvalue weighted by molar-refractivity contribution is 7.92. The average molecular weight is 294 g/mol. The minimum atomic E-state index is -3.63. The van der Waals surface area contributed by atoms with E-state index in [1.165, 1.54) is 12.5 Å². The average Bonchev–Trinajstić information content (AvgIpc) is 2.84. The van der Waals surface area contributed by atoms with Crippen molar-refractivity contribution in [1.82, 2.24) is 14.9 Å². The van der Waals surface area contributed by atoms with Gasteiger partial charge in [-0.05, 0) is 24.2 Å². The minimum Gasteiger partial charge on any atom is -0.339 e. The number of nitrogens with zero attached hydrogens (tertiary/aromatic N) is 2. The molecule has 0 aliphatic heterocycles. The van der Waals surface area contributed by atoms with Gasteiger partial charge in [-0.25, -0.2) is 4.98 Å². The number of rotatable bonds is 6. The molecule has 7 heteroatoms. The molecule has 0 aliphatic rings. The molecule has 0 saturated heterocycles. The molecule has 1 aromatic carbocycles. The molecule has 0 radical (unpaired) electrons. The zero-order valence-corrected chi connectivity index (χ0v) is 12.3. The number of anilines is 1. The van der Waals surface area contributed by atoms with Gasteiger partial charge in [-0.3, -0.25) is 4.72 Å². The van der Waals surface area contributed by atoms with Gasteiger partial charge in [0.05, 0.1) is 6.33 Å². The molecule has 2 rings (SSSR count). The molecular weight excluding hydrogens is 276 g/mol. The monoisotopic (exact) mass is 294 g/mol. The van der Waals surface area contributed by atoms with E-state index in [-0.39, 0.29) is 5.03 Å². The molecule has 0 fully saturated rings. The maximum Gasteiger partial charge on any atom is 0.280 e. The van der Waals surface area contributed by atoms with Gasteiger partial charge < -0.3 is 9.88 Å². The highest BCUT2D eigenvalue weighted by Gasteiger charge is 2.16. The maximum atomic E-state index is 12.1. The van der Waals surface area contributed by atoms with Gasteiger partial charge in [0.1, 0.15) is 0 Å². The van der Waals surface area contributed by atoms with Crippen LogP contribution in [0.1, 0.15) is 12.5 Å². The first kappa shape index (κ1) is 14.5. The third-order valence-corrected chi connectivity index (χ3v) is 3.98. The van der Waals surface area contributed by atoms with E-state index in [1.54, 1.807) is 17.7 Å². The molecular formula is C13H18N4O2S. The first-order valence-corrected chi connectivity index (χ1v) is 7.80. The topological polar surface area (TPSA) is 76.0 Å². The van der Waals surface area contributed by atoms with E-state index in [1.807, 2.05) is 25.1 Å². The van der Waals surface area contributed by atoms with Crippen molar-refractivity contribution in [3.8, 4) is 0 Å². The Morgan fingerprint density at radius 1 is 1.35 bits per heavy atom. The molecule has 0 atom stereocenters. The molecule has 0 spiro atoms. The van der Waals surface area contributed by atoms with Crippen LogP contribution in [-0.4, -0.2) is 24.5 Å². The van der Waals surface area contributed by atoms with Gasteiger partial charge in [-0.1, -0.05) is 19.1 Å². The molecule has 0 saturated carbocycles. The Hall–Kier alpha value is -1.86. The summed E-state index contributed by atoms with van der Waals surface area (Å²) in [6.45, 7) is 3.59. The number of benzene rings is 1. The highest BCUT2D eigenvalue weighted by Crippen LogP contribution is 2.15. The van der Waals surface area contributed by atoms with Gasteiger partial charge in [-0.2, -0.15) is 8.42 Å². The fraction of sp³-hybridized carbons (Fsp3) is 0.308. The number of aromatic nitrogens is 2. The van der Waals surface area contributed by atoms with E-state index in [9.17, 15) is 8.42 Å². The number of hydrogen-bond acceptors (Lipinski definition) is 4. The summed E-state index contributed by atoms with van der Waals surface area (Å²) in [5.41, 5.74) is 1.55. The molecule has 108 valence electrons. The molecule has 0 unspecified atom stereocenters. The summed E-state index contributed by atoms with van der Waals surface area (Å²) < 4.78 is 28.4. The van der Waals surface area contributed by atoms with E-state index in [0.29, 0.717) is 12.2 Å². The zero-order chi connectivity index (χ0) is 14.6. The summed E-state index contributed by atoms with van der Waals surface area (Å²) in [6, 6.07) is 7.29. The molecule has 1 heterocycles. The summed E-state index contributed by atoms with van der Waals surface area (Å²) >= 11 is 0. The Morgan fingerprint density at radius 3 is 2.80 bits per heavy atom. The second kappa shape index (κ2) is 6.06. The molecule has 1 aromatic heterocycles. The second-order valence-corrected chi connectivity index (χ2v) is 6.09. The molecule has 6 nitrogen and oxygen atoms in total. The van der Waals surface area contributed by atoms with Crippen molar-refractivity contribution in [3.05, 3.63) is 42.4 Å². The standard InChI is InChI=1S/C13H18N4O2S/c1-3-14-8-11-5-4-6-12(7-11)16-20(18,19)13-9-17(2)10-15-13/h4-7,9-10,14,16H,3,8H2,1-2H3. The number of aryl methyl sites for hydroxylation is 1. The number of sulfonamides is 1. The zero-order valence-electron chi connectivity index (χ0n) is 11.5. The van der Waals surface area contributed by atoms with Gasteiger partial charge >= 0.3 is 0 Å². The van der Waals surface area contributed by atoms with Crippen LogP contribution < -0.4 is 10.0 Å². The lowest BCUT2D eigenvalue weighted by Gasteiger charge is -2.08. The maximum absolute atomic E-state index is 12.1. The number of imidazole rings is 1. The van der Waals surface area contributed by atoms with Crippen LogP contribution in [0, 0.1) is 0 Å². The van der Waals surface area contributed by atoms with Crippen LogP contribution in [0.4, 0.5) is 5.69 Å². The van der Waals surface area contributed by atoms with Gasteiger partial charge in [-0.15, -0.1) is 0 Å². The first-order valence-electron chi connectivity index (χ1n) is 6.31. The predicted molar refractivity (Wildman–Crippen MR) is 77.8 cm³/mol. The van der Waals surface area contributed by atoms with Crippen LogP contribution in [-0.2, 0) is 23.6 Å². The van der Waals surface area contributed by atoms with Crippen molar-refractivity contribution >= 4 is 15.7 Å². The Bertz CT molecular complexity index is 679. The van der Waals surface area contributed by atoms with Gasteiger partial charge in [0.2, 0.25) is 0 Å². The van der Waals surface area contributed by atoms with E-state index in [2.05, 4.69) is 15.0 Å².